The highest BCUT2D eigenvalue weighted by Crippen LogP contribution is 2.39. The molecule has 2 fully saturated rings. The van der Waals surface area contributed by atoms with E-state index in [2.05, 4.69) is 11.0 Å². The summed E-state index contributed by atoms with van der Waals surface area (Å²) in [5.74, 6) is 0.392. The van der Waals surface area contributed by atoms with Crippen LogP contribution in [0.5, 0.6) is 0 Å². The highest BCUT2D eigenvalue weighted by molar-refractivity contribution is 5.78. The fourth-order valence-electron chi connectivity index (χ4n) is 3.44. The van der Waals surface area contributed by atoms with E-state index in [1.54, 1.807) is 11.9 Å². The number of amides is 1. The monoisotopic (exact) mass is 279 g/mol. The van der Waals surface area contributed by atoms with Crippen LogP contribution in [0.25, 0.3) is 0 Å². The van der Waals surface area contributed by atoms with Crippen LogP contribution in [-0.2, 0) is 4.79 Å². The molecular weight excluding hydrogens is 254 g/mol. The Morgan fingerprint density at radius 1 is 1.50 bits per heavy atom. The Kier molecular flexibility index (Phi) is 5.00. The summed E-state index contributed by atoms with van der Waals surface area (Å²) >= 11 is 0. The van der Waals surface area contributed by atoms with Crippen LogP contribution in [0.1, 0.15) is 38.5 Å². The number of hydrogen-bond donors (Lipinski definition) is 1. The van der Waals surface area contributed by atoms with E-state index in [-0.39, 0.29) is 5.91 Å². The van der Waals surface area contributed by atoms with Crippen molar-refractivity contribution in [2.24, 2.45) is 5.92 Å². The molecule has 0 bridgehead atoms. The Bertz CT molecular complexity index is 393. The van der Waals surface area contributed by atoms with Gasteiger partial charge in [-0.25, -0.2) is 0 Å². The molecule has 5 nitrogen and oxygen atoms in total. The highest BCUT2D eigenvalue weighted by Gasteiger charge is 2.42. The van der Waals surface area contributed by atoms with Gasteiger partial charge in [-0.3, -0.25) is 9.69 Å². The average Bonchev–Trinajstić information content (AvgIpc) is 2.44. The predicted octanol–water partition coefficient (Wildman–Crippen LogP) is 0.985. The molecule has 1 amide bonds. The van der Waals surface area contributed by atoms with Crippen molar-refractivity contribution in [3.8, 4) is 6.07 Å². The molecule has 1 aliphatic carbocycles. The number of rotatable bonds is 4. The molecule has 2 atom stereocenters. The number of carbonyl (C=O) groups is 1. The first-order chi connectivity index (χ1) is 9.55. The van der Waals surface area contributed by atoms with Crippen LogP contribution in [-0.4, -0.2) is 59.6 Å². The standard InChI is InChI=1S/C15H25N3O2/c1-17(9-4-8-16)14(19)12-18-10-7-15(20)6-3-2-5-13(15)11-18/h13,20H,2-7,9-12H2,1H3. The molecular formula is C15H25N3O2. The number of carbonyl (C=O) groups excluding carboxylic acids is 1. The van der Waals surface area contributed by atoms with Crippen molar-refractivity contribution in [3.63, 3.8) is 0 Å². The van der Waals surface area contributed by atoms with Crippen molar-refractivity contribution in [2.75, 3.05) is 33.2 Å². The van der Waals surface area contributed by atoms with Crippen molar-refractivity contribution in [1.29, 1.82) is 5.26 Å². The molecule has 1 saturated carbocycles. The minimum atomic E-state index is -0.482. The van der Waals surface area contributed by atoms with Gasteiger partial charge in [0.2, 0.25) is 5.91 Å². The van der Waals surface area contributed by atoms with Gasteiger partial charge >= 0.3 is 0 Å². The Hall–Kier alpha value is -1.12. The quantitative estimate of drug-likeness (QED) is 0.833. The summed E-state index contributed by atoms with van der Waals surface area (Å²) in [6.45, 7) is 2.53. The first kappa shape index (κ1) is 15.3. The molecule has 1 heterocycles. The molecule has 112 valence electrons. The first-order valence-corrected chi connectivity index (χ1v) is 7.61. The van der Waals surface area contributed by atoms with E-state index in [0.717, 1.165) is 38.8 Å². The molecule has 2 rings (SSSR count). The number of aliphatic hydroxyl groups is 1. The third-order valence-electron chi connectivity index (χ3n) is 4.86. The fourth-order valence-corrected chi connectivity index (χ4v) is 3.44. The maximum Gasteiger partial charge on any atom is 0.236 e. The van der Waals surface area contributed by atoms with Gasteiger partial charge in [-0.15, -0.1) is 0 Å². The molecule has 5 heteroatoms. The summed E-state index contributed by atoms with van der Waals surface area (Å²) in [5, 5.41) is 19.2. The fraction of sp³-hybridized carbons (Fsp3) is 0.867. The lowest BCUT2D eigenvalue weighted by atomic mass is 9.71. The second-order valence-corrected chi connectivity index (χ2v) is 6.25. The summed E-state index contributed by atoms with van der Waals surface area (Å²) in [5.41, 5.74) is -0.482. The van der Waals surface area contributed by atoms with Crippen molar-refractivity contribution in [1.82, 2.24) is 9.80 Å². The van der Waals surface area contributed by atoms with Gasteiger partial charge in [-0.1, -0.05) is 12.8 Å². The van der Waals surface area contributed by atoms with Gasteiger partial charge in [0.25, 0.3) is 0 Å². The zero-order chi connectivity index (χ0) is 14.6. The zero-order valence-electron chi connectivity index (χ0n) is 12.3. The van der Waals surface area contributed by atoms with Gasteiger partial charge in [0.1, 0.15) is 0 Å². The number of likely N-dealkylation sites (N-methyl/N-ethyl adjacent to an activating group) is 1. The molecule has 0 aromatic carbocycles. The summed E-state index contributed by atoms with van der Waals surface area (Å²) in [7, 11) is 1.75. The van der Waals surface area contributed by atoms with Crippen LogP contribution in [0.2, 0.25) is 0 Å². The molecule has 20 heavy (non-hydrogen) atoms. The molecule has 0 spiro atoms. The molecule has 0 radical (unpaired) electrons. The average molecular weight is 279 g/mol. The lowest BCUT2D eigenvalue weighted by Gasteiger charge is -2.47. The number of nitriles is 1. The molecule has 2 unspecified atom stereocenters. The molecule has 1 saturated heterocycles. The topological polar surface area (TPSA) is 67.6 Å². The van der Waals surface area contributed by atoms with E-state index < -0.39 is 5.60 Å². The third kappa shape index (κ3) is 3.50. The van der Waals surface area contributed by atoms with Crippen molar-refractivity contribution in [3.05, 3.63) is 0 Å². The highest BCUT2D eigenvalue weighted by atomic mass is 16.3. The Labute approximate surface area is 121 Å². The van der Waals surface area contributed by atoms with Crippen molar-refractivity contribution < 1.29 is 9.90 Å². The molecule has 1 aliphatic heterocycles. The van der Waals surface area contributed by atoms with Crippen LogP contribution in [0.3, 0.4) is 0 Å². The zero-order valence-corrected chi connectivity index (χ0v) is 12.3. The second-order valence-electron chi connectivity index (χ2n) is 6.25. The lowest BCUT2D eigenvalue weighted by molar-refractivity contribution is -0.135. The van der Waals surface area contributed by atoms with E-state index in [1.165, 1.54) is 6.42 Å². The lowest BCUT2D eigenvalue weighted by Crippen LogP contribution is -2.54. The summed E-state index contributed by atoms with van der Waals surface area (Å²) < 4.78 is 0. The number of likely N-dealkylation sites (tertiary alicyclic amines) is 1. The van der Waals surface area contributed by atoms with E-state index in [0.29, 0.717) is 25.4 Å². The number of hydrogen-bond acceptors (Lipinski definition) is 4. The van der Waals surface area contributed by atoms with Gasteiger partial charge in [0.05, 0.1) is 24.6 Å². The van der Waals surface area contributed by atoms with E-state index in [9.17, 15) is 9.90 Å². The molecule has 0 aromatic rings. The second kappa shape index (κ2) is 6.55. The third-order valence-corrected chi connectivity index (χ3v) is 4.86. The van der Waals surface area contributed by atoms with Crippen molar-refractivity contribution >= 4 is 5.91 Å². The van der Waals surface area contributed by atoms with Gasteiger partial charge in [0.15, 0.2) is 0 Å². The van der Waals surface area contributed by atoms with Crippen molar-refractivity contribution in [2.45, 2.75) is 44.1 Å². The van der Waals surface area contributed by atoms with E-state index >= 15 is 0 Å². The maximum absolute atomic E-state index is 12.1. The SMILES string of the molecule is CN(CCC#N)C(=O)CN1CCC2(O)CCCCC2C1. The van der Waals surface area contributed by atoms with Crippen LogP contribution >= 0.6 is 0 Å². The normalized spacial score (nSPS) is 30.4. The summed E-state index contributed by atoms with van der Waals surface area (Å²) in [6, 6.07) is 2.06. The van der Waals surface area contributed by atoms with Gasteiger partial charge < -0.3 is 10.0 Å². The molecule has 1 N–H and O–H groups in total. The molecule has 0 aromatic heterocycles. The minimum Gasteiger partial charge on any atom is -0.390 e. The Balaban J connectivity index is 1.83. The smallest absolute Gasteiger partial charge is 0.236 e. The Morgan fingerprint density at radius 3 is 3.05 bits per heavy atom. The first-order valence-electron chi connectivity index (χ1n) is 7.61. The molecule has 2 aliphatic rings. The van der Waals surface area contributed by atoms with E-state index in [1.807, 2.05) is 0 Å². The number of fused-ring (bicyclic) bond motifs is 1. The maximum atomic E-state index is 12.1. The summed E-state index contributed by atoms with van der Waals surface area (Å²) in [6.07, 6.45) is 5.48. The number of nitrogens with zero attached hydrogens (tertiary/aromatic N) is 3. The summed E-state index contributed by atoms with van der Waals surface area (Å²) in [4.78, 5) is 15.9. The van der Waals surface area contributed by atoms with Gasteiger partial charge in [-0.2, -0.15) is 5.26 Å². The Morgan fingerprint density at radius 2 is 2.30 bits per heavy atom. The predicted molar refractivity (Wildman–Crippen MR) is 75.8 cm³/mol. The van der Waals surface area contributed by atoms with Crippen LogP contribution in [0, 0.1) is 17.2 Å². The minimum absolute atomic E-state index is 0.0708. The van der Waals surface area contributed by atoms with Crippen LogP contribution < -0.4 is 0 Å². The van der Waals surface area contributed by atoms with E-state index in [4.69, 9.17) is 5.26 Å². The largest absolute Gasteiger partial charge is 0.390 e. The number of piperidine rings is 1. The van der Waals surface area contributed by atoms with Crippen LogP contribution in [0.15, 0.2) is 0 Å². The van der Waals surface area contributed by atoms with Gasteiger partial charge in [0, 0.05) is 32.6 Å². The van der Waals surface area contributed by atoms with Gasteiger partial charge in [-0.05, 0) is 19.3 Å². The van der Waals surface area contributed by atoms with Crippen LogP contribution in [0.4, 0.5) is 0 Å².